The molecule has 0 aromatic carbocycles. The van der Waals surface area contributed by atoms with Gasteiger partial charge in [0.25, 0.3) is 0 Å². The molecular weight excluding hydrogens is 288 g/mol. The van der Waals surface area contributed by atoms with E-state index in [4.69, 9.17) is 18.9 Å². The van der Waals surface area contributed by atoms with Gasteiger partial charge in [0.15, 0.2) is 6.29 Å². The molecule has 2 N–H and O–H groups in total. The minimum Gasteiger partial charge on any atom is -0.396 e. The topological polar surface area (TPSA) is 77.4 Å². The van der Waals surface area contributed by atoms with Crippen molar-refractivity contribution in [3.8, 4) is 0 Å². The van der Waals surface area contributed by atoms with Crippen LogP contribution in [0.5, 0.6) is 0 Å². The lowest BCUT2D eigenvalue weighted by molar-refractivity contribution is -0.287. The van der Waals surface area contributed by atoms with Gasteiger partial charge < -0.3 is 29.2 Å². The van der Waals surface area contributed by atoms with Crippen molar-refractivity contribution in [2.24, 2.45) is 16.2 Å². The van der Waals surface area contributed by atoms with E-state index in [-0.39, 0.29) is 24.0 Å². The second-order valence-electron chi connectivity index (χ2n) is 7.85. The summed E-state index contributed by atoms with van der Waals surface area (Å²) in [7, 11) is 1.64. The van der Waals surface area contributed by atoms with Crippen molar-refractivity contribution in [1.29, 1.82) is 0 Å². The fourth-order valence-corrected chi connectivity index (χ4v) is 2.22. The van der Waals surface area contributed by atoms with Crippen molar-refractivity contribution in [3.05, 3.63) is 0 Å². The van der Waals surface area contributed by atoms with Gasteiger partial charge in [-0.05, 0) is 0 Å². The molecule has 0 aromatic heterocycles. The van der Waals surface area contributed by atoms with Crippen LogP contribution in [0.15, 0.2) is 0 Å². The average Bonchev–Trinajstić information content (AvgIpc) is 2.48. The zero-order valence-electron chi connectivity index (χ0n) is 14.6. The summed E-state index contributed by atoms with van der Waals surface area (Å²) in [4.78, 5) is 0. The van der Waals surface area contributed by atoms with Crippen LogP contribution in [-0.2, 0) is 18.9 Å². The van der Waals surface area contributed by atoms with E-state index in [1.165, 1.54) is 0 Å². The van der Waals surface area contributed by atoms with E-state index in [2.05, 4.69) is 0 Å². The molecule has 22 heavy (non-hydrogen) atoms. The third-order valence-electron chi connectivity index (χ3n) is 3.91. The van der Waals surface area contributed by atoms with Gasteiger partial charge in [-0.15, -0.1) is 0 Å². The van der Waals surface area contributed by atoms with Crippen molar-refractivity contribution in [2.75, 3.05) is 53.4 Å². The molecule has 0 radical (unpaired) electrons. The van der Waals surface area contributed by atoms with Crippen LogP contribution in [0.25, 0.3) is 0 Å². The van der Waals surface area contributed by atoms with Crippen molar-refractivity contribution in [2.45, 2.75) is 34.0 Å². The fourth-order valence-electron chi connectivity index (χ4n) is 2.22. The summed E-state index contributed by atoms with van der Waals surface area (Å²) in [6.45, 7) is 10.1. The minimum atomic E-state index is -0.445. The lowest BCUT2D eigenvalue weighted by Crippen LogP contribution is -2.52. The Hall–Kier alpha value is -0.240. The zero-order valence-corrected chi connectivity index (χ0v) is 14.6. The zero-order chi connectivity index (χ0) is 16.9. The molecule has 132 valence electrons. The van der Waals surface area contributed by atoms with E-state index in [0.717, 1.165) is 0 Å². The summed E-state index contributed by atoms with van der Waals surface area (Å²) >= 11 is 0. The molecule has 0 aromatic rings. The van der Waals surface area contributed by atoms with Gasteiger partial charge in [-0.2, -0.15) is 0 Å². The highest BCUT2D eigenvalue weighted by atomic mass is 16.7. The van der Waals surface area contributed by atoms with Crippen molar-refractivity contribution in [3.63, 3.8) is 0 Å². The maximum absolute atomic E-state index is 9.40. The number of rotatable bonds is 9. The average molecular weight is 320 g/mol. The summed E-state index contributed by atoms with van der Waals surface area (Å²) < 4.78 is 22.7. The monoisotopic (exact) mass is 320 g/mol. The number of ether oxygens (including phenoxy) is 4. The summed E-state index contributed by atoms with van der Waals surface area (Å²) in [6.07, 6.45) is -0.434. The van der Waals surface area contributed by atoms with Crippen LogP contribution in [0.2, 0.25) is 0 Å². The van der Waals surface area contributed by atoms with Gasteiger partial charge in [0.2, 0.25) is 0 Å². The highest BCUT2D eigenvalue weighted by Gasteiger charge is 2.42. The molecule has 6 nitrogen and oxygen atoms in total. The smallest absolute Gasteiger partial charge is 0.164 e. The highest BCUT2D eigenvalue weighted by molar-refractivity contribution is 4.85. The lowest BCUT2D eigenvalue weighted by atomic mass is 9.88. The van der Waals surface area contributed by atoms with Gasteiger partial charge in [0.05, 0.1) is 51.7 Å². The molecule has 1 aliphatic heterocycles. The number of methoxy groups -OCH3 is 1. The molecule has 0 saturated carbocycles. The second kappa shape index (κ2) is 8.04. The first kappa shape index (κ1) is 19.8. The molecule has 1 fully saturated rings. The summed E-state index contributed by atoms with van der Waals surface area (Å²) in [6, 6.07) is 0. The molecule has 0 aliphatic carbocycles. The Morgan fingerprint density at radius 2 is 1.64 bits per heavy atom. The molecule has 1 saturated heterocycles. The Bertz CT molecular complexity index is 315. The van der Waals surface area contributed by atoms with Crippen LogP contribution >= 0.6 is 0 Å². The number of hydrogen-bond acceptors (Lipinski definition) is 6. The Kier molecular flexibility index (Phi) is 7.23. The van der Waals surface area contributed by atoms with Crippen molar-refractivity contribution < 1.29 is 29.2 Å². The van der Waals surface area contributed by atoms with E-state index >= 15 is 0 Å². The van der Waals surface area contributed by atoms with Gasteiger partial charge in [-0.1, -0.05) is 27.7 Å². The second-order valence-corrected chi connectivity index (χ2v) is 7.85. The molecule has 0 bridgehead atoms. The van der Waals surface area contributed by atoms with Crippen LogP contribution in [-0.4, -0.2) is 69.9 Å². The van der Waals surface area contributed by atoms with Crippen LogP contribution in [0.3, 0.4) is 0 Å². The van der Waals surface area contributed by atoms with E-state index < -0.39 is 11.7 Å². The van der Waals surface area contributed by atoms with Gasteiger partial charge >= 0.3 is 0 Å². The van der Waals surface area contributed by atoms with Gasteiger partial charge in [0.1, 0.15) is 0 Å². The van der Waals surface area contributed by atoms with E-state index in [1.807, 2.05) is 27.7 Å². The first-order chi connectivity index (χ1) is 10.2. The normalized spacial score (nSPS) is 27.1. The quantitative estimate of drug-likeness (QED) is 0.661. The summed E-state index contributed by atoms with van der Waals surface area (Å²) in [5, 5.41) is 18.7. The Morgan fingerprint density at radius 1 is 1.05 bits per heavy atom. The SMILES string of the molecule is COCC1(COCC(C)(C)CO)COC(C(C)(C)CO)OC1. The molecule has 0 amide bonds. The molecule has 1 aliphatic rings. The number of hydrogen-bond donors (Lipinski definition) is 2. The van der Waals surface area contributed by atoms with Crippen LogP contribution in [0.4, 0.5) is 0 Å². The molecule has 0 unspecified atom stereocenters. The first-order valence-corrected chi connectivity index (χ1v) is 7.72. The molecule has 6 heteroatoms. The van der Waals surface area contributed by atoms with Crippen LogP contribution < -0.4 is 0 Å². The van der Waals surface area contributed by atoms with E-state index in [1.54, 1.807) is 7.11 Å². The molecule has 0 spiro atoms. The van der Waals surface area contributed by atoms with Gasteiger partial charge in [0, 0.05) is 17.9 Å². The third-order valence-corrected chi connectivity index (χ3v) is 3.91. The fraction of sp³-hybridized carbons (Fsp3) is 1.00. The third kappa shape index (κ3) is 5.44. The minimum absolute atomic E-state index is 0.00384. The molecular formula is C16H32O6. The predicted octanol–water partition coefficient (Wildman–Crippen LogP) is 1.05. The van der Waals surface area contributed by atoms with Crippen molar-refractivity contribution in [1.82, 2.24) is 0 Å². The summed E-state index contributed by atoms with van der Waals surface area (Å²) in [5.74, 6) is 0. The van der Waals surface area contributed by atoms with Crippen LogP contribution in [0.1, 0.15) is 27.7 Å². The Balaban J connectivity index is 2.56. The standard InChI is InChI=1S/C16H32O6/c1-14(2,6-17)8-20-10-16(9-19-5)11-21-13(22-12-16)15(3,4)7-18/h13,17-18H,6-12H2,1-5H3. The van der Waals surface area contributed by atoms with E-state index in [0.29, 0.717) is 33.0 Å². The molecule has 0 atom stereocenters. The first-order valence-electron chi connectivity index (χ1n) is 7.72. The maximum Gasteiger partial charge on any atom is 0.164 e. The lowest BCUT2D eigenvalue weighted by Gasteiger charge is -2.43. The Morgan fingerprint density at radius 3 is 2.09 bits per heavy atom. The number of aliphatic hydroxyl groups is 2. The summed E-state index contributed by atoms with van der Waals surface area (Å²) in [5.41, 5.74) is -1.08. The van der Waals surface area contributed by atoms with Crippen molar-refractivity contribution >= 4 is 0 Å². The predicted molar refractivity (Wildman–Crippen MR) is 82.6 cm³/mol. The molecule has 1 heterocycles. The number of aliphatic hydroxyl groups excluding tert-OH is 2. The van der Waals surface area contributed by atoms with Crippen LogP contribution in [0, 0.1) is 16.2 Å². The van der Waals surface area contributed by atoms with Gasteiger partial charge in [-0.25, -0.2) is 0 Å². The largest absolute Gasteiger partial charge is 0.396 e. The van der Waals surface area contributed by atoms with Gasteiger partial charge in [-0.3, -0.25) is 0 Å². The highest BCUT2D eigenvalue weighted by Crippen LogP contribution is 2.33. The Labute approximate surface area is 133 Å². The molecule has 1 rings (SSSR count). The maximum atomic E-state index is 9.40. The van der Waals surface area contributed by atoms with E-state index in [9.17, 15) is 10.2 Å².